The average Bonchev–Trinajstić information content (AvgIpc) is 3.05. The Morgan fingerprint density at radius 2 is 0.759 bits per heavy atom. The first-order valence-electron chi connectivity index (χ1n) is 14.3. The van der Waals surface area contributed by atoms with Crippen LogP contribution in [0.25, 0.3) is 32.9 Å². The van der Waals surface area contributed by atoms with Gasteiger partial charge >= 0.3 is 11.0 Å². The molecule has 54 heavy (non-hydrogen) atoms. The zero-order valence-corrected chi connectivity index (χ0v) is 27.8. The normalized spacial score (nSPS) is 12.4. The van der Waals surface area contributed by atoms with E-state index in [-0.39, 0.29) is 22.9 Å². The van der Waals surface area contributed by atoms with Crippen LogP contribution >= 0.6 is 0 Å². The monoisotopic (exact) mass is 802 g/mol. The van der Waals surface area contributed by atoms with E-state index in [0.29, 0.717) is 12.1 Å². The Labute approximate surface area is 296 Å². The Hall–Kier alpha value is -6.42. The van der Waals surface area contributed by atoms with Crippen molar-refractivity contribution in [1.29, 1.82) is 0 Å². The number of nitrogens with zero attached hydrogens (tertiary/aromatic N) is 2. The summed E-state index contributed by atoms with van der Waals surface area (Å²) < 4.78 is 127. The number of hydrogen-bond donors (Lipinski definition) is 6. The molecule has 14 nitrogen and oxygen atoms in total. The van der Waals surface area contributed by atoms with Crippen LogP contribution in [0.5, 0.6) is 34.5 Å². The number of alkyl halides is 6. The largest absolute Gasteiger partial charge is 0.508 e. The van der Waals surface area contributed by atoms with Gasteiger partial charge in [0.15, 0.2) is 0 Å². The number of benzene rings is 4. The molecule has 0 fully saturated rings. The minimum Gasteiger partial charge on any atom is -0.508 e. The molecule has 0 amide bonds. The highest BCUT2D eigenvalue weighted by atomic mass is 32.2. The van der Waals surface area contributed by atoms with Crippen molar-refractivity contribution in [3.63, 3.8) is 0 Å². The lowest BCUT2D eigenvalue weighted by Crippen LogP contribution is -2.25. The summed E-state index contributed by atoms with van der Waals surface area (Å²) in [5.41, 5.74) is -13.1. The van der Waals surface area contributed by atoms with Gasteiger partial charge in [0, 0.05) is 46.7 Å². The lowest BCUT2D eigenvalue weighted by atomic mass is 10.1. The van der Waals surface area contributed by atoms with Crippen LogP contribution in [-0.4, -0.2) is 67.6 Å². The first-order chi connectivity index (χ1) is 24.9. The number of phenols is 6. The molecular weight excluding hydrogens is 782 g/mol. The van der Waals surface area contributed by atoms with Gasteiger partial charge in [-0.05, 0) is 60.7 Å². The van der Waals surface area contributed by atoms with E-state index in [2.05, 4.69) is 0 Å². The van der Waals surface area contributed by atoms with E-state index in [4.69, 9.17) is 0 Å². The second-order valence-corrected chi connectivity index (χ2v) is 14.7. The Morgan fingerprint density at radius 1 is 0.463 bits per heavy atom. The third-order valence-corrected chi connectivity index (χ3v) is 10.8. The van der Waals surface area contributed by atoms with Gasteiger partial charge in [0.25, 0.3) is 30.8 Å². The zero-order valence-electron chi connectivity index (χ0n) is 26.2. The second kappa shape index (κ2) is 13.2. The summed E-state index contributed by atoms with van der Waals surface area (Å²) in [4.78, 5) is 22.3. The first-order valence-corrected chi connectivity index (χ1v) is 17.3. The molecule has 4 aromatic carbocycles. The van der Waals surface area contributed by atoms with E-state index in [9.17, 15) is 83.4 Å². The Bertz CT molecular complexity index is 2620. The van der Waals surface area contributed by atoms with Crippen molar-refractivity contribution < 1.29 is 73.8 Å². The summed E-state index contributed by atoms with van der Waals surface area (Å²) in [6.07, 6.45) is 1.98. The fourth-order valence-corrected chi connectivity index (χ4v) is 7.24. The van der Waals surface area contributed by atoms with Gasteiger partial charge in [0.1, 0.15) is 44.3 Å². The lowest BCUT2D eigenvalue weighted by molar-refractivity contribution is -0.0442. The van der Waals surface area contributed by atoms with Crippen LogP contribution in [0.15, 0.2) is 105 Å². The number of fused-ring (bicyclic) bond motifs is 2. The highest BCUT2D eigenvalue weighted by molar-refractivity contribution is 7.93. The van der Waals surface area contributed by atoms with Gasteiger partial charge in [-0.2, -0.15) is 26.3 Å². The summed E-state index contributed by atoms with van der Waals surface area (Å²) in [7, 11) is -12.0. The quantitative estimate of drug-likeness (QED) is 0.132. The van der Waals surface area contributed by atoms with Crippen molar-refractivity contribution in [3.8, 4) is 45.9 Å². The van der Waals surface area contributed by atoms with Crippen molar-refractivity contribution in [2.75, 3.05) is 0 Å². The number of hydrogen-bond acceptors (Lipinski definition) is 12. The minimum atomic E-state index is -5.99. The van der Waals surface area contributed by atoms with E-state index in [1.165, 1.54) is 48.5 Å². The molecule has 6 N–H and O–H groups in total. The minimum absolute atomic E-state index is 0.0982. The van der Waals surface area contributed by atoms with Gasteiger partial charge in [0.2, 0.25) is 0 Å². The predicted molar refractivity (Wildman–Crippen MR) is 176 cm³/mol. The Balaban J connectivity index is 0.000000208. The highest BCUT2D eigenvalue weighted by Gasteiger charge is 2.50. The molecule has 6 rings (SSSR count). The molecule has 0 aliphatic carbocycles. The molecule has 0 unspecified atom stereocenters. The molecule has 0 atom stereocenters. The van der Waals surface area contributed by atoms with Crippen LogP contribution in [0, 0.1) is 0 Å². The number of pyridine rings is 2. The number of phenolic OH excluding ortho intramolecular Hbond substituents is 6. The van der Waals surface area contributed by atoms with Crippen LogP contribution in [0.4, 0.5) is 26.3 Å². The third kappa shape index (κ3) is 6.55. The van der Waals surface area contributed by atoms with Crippen molar-refractivity contribution in [3.05, 3.63) is 106 Å². The highest BCUT2D eigenvalue weighted by Crippen LogP contribution is 2.43. The van der Waals surface area contributed by atoms with E-state index < -0.39 is 96.1 Å². The van der Waals surface area contributed by atoms with Gasteiger partial charge in [-0.3, -0.25) is 18.7 Å². The molecule has 0 aliphatic rings. The molecule has 0 saturated carbocycles. The fourth-order valence-electron chi connectivity index (χ4n) is 5.18. The molecule has 0 saturated heterocycles. The van der Waals surface area contributed by atoms with E-state index in [0.717, 1.165) is 33.7 Å². The smallest absolute Gasteiger partial charge is 0.502 e. The summed E-state index contributed by atoms with van der Waals surface area (Å²) in [6, 6.07) is 12.8. The van der Waals surface area contributed by atoms with Gasteiger partial charge < -0.3 is 30.6 Å². The Kier molecular flexibility index (Phi) is 9.49. The molecule has 0 radical (unpaired) electrons. The molecule has 2 heterocycles. The number of halogens is 6. The SMILES string of the molecule is O=c1c2c(O)cc(O)c(S(=O)(=O)C(F)(F)F)c2ccn1-c1ccc(O)cc1.O=c1c2c(O)cc(O)c(S(=O)(=O)C(F)(F)F)c2ccn1-c1ccc(O)cc1. The summed E-state index contributed by atoms with van der Waals surface area (Å²) in [6.45, 7) is 0. The molecular formula is C32H20F6N2O12S2. The fraction of sp³-hybridized carbons (Fsp3) is 0.0625. The van der Waals surface area contributed by atoms with Crippen LogP contribution < -0.4 is 11.1 Å². The number of sulfone groups is 2. The van der Waals surface area contributed by atoms with E-state index in [1.807, 2.05) is 0 Å². The van der Waals surface area contributed by atoms with E-state index >= 15 is 0 Å². The number of aromatic nitrogens is 2. The van der Waals surface area contributed by atoms with Crippen molar-refractivity contribution >= 4 is 41.2 Å². The lowest BCUT2D eigenvalue weighted by Gasteiger charge is -2.14. The van der Waals surface area contributed by atoms with Crippen molar-refractivity contribution in [1.82, 2.24) is 9.13 Å². The van der Waals surface area contributed by atoms with Crippen LogP contribution in [0.3, 0.4) is 0 Å². The number of aromatic hydroxyl groups is 6. The molecule has 284 valence electrons. The van der Waals surface area contributed by atoms with Crippen LogP contribution in [-0.2, 0) is 19.7 Å². The second-order valence-electron chi connectivity index (χ2n) is 11.0. The summed E-state index contributed by atoms with van der Waals surface area (Å²) in [5, 5.41) is 55.0. The molecule has 6 aromatic rings. The van der Waals surface area contributed by atoms with Gasteiger partial charge in [-0.25, -0.2) is 16.8 Å². The van der Waals surface area contributed by atoms with Gasteiger partial charge in [0.05, 0.1) is 10.8 Å². The predicted octanol–water partition coefficient (Wildman–Crippen LogP) is 4.80. The van der Waals surface area contributed by atoms with Gasteiger partial charge in [-0.15, -0.1) is 0 Å². The molecule has 2 aromatic heterocycles. The molecule has 0 bridgehead atoms. The average molecular weight is 803 g/mol. The molecule has 22 heteroatoms. The van der Waals surface area contributed by atoms with Crippen LogP contribution in [0.2, 0.25) is 0 Å². The summed E-state index contributed by atoms with van der Waals surface area (Å²) in [5.74, 6) is -4.64. The third-order valence-electron chi connectivity index (χ3n) is 7.60. The van der Waals surface area contributed by atoms with Crippen LogP contribution in [0.1, 0.15) is 0 Å². The van der Waals surface area contributed by atoms with E-state index in [1.54, 1.807) is 0 Å². The maximum atomic E-state index is 12.9. The summed E-state index contributed by atoms with van der Waals surface area (Å²) >= 11 is 0. The topological polar surface area (TPSA) is 234 Å². The first kappa shape index (κ1) is 38.8. The standard InChI is InChI=1S/2C16H10F3NO6S/c2*17-16(18,19)27(25,26)14-10-5-6-20(8-1-3-9(21)4-2-8)15(24)13(10)11(22)7-12(14)23/h2*1-7,21-23H. The van der Waals surface area contributed by atoms with Crippen molar-refractivity contribution in [2.24, 2.45) is 0 Å². The maximum Gasteiger partial charge on any atom is 0.502 e. The number of rotatable bonds is 4. The molecule has 0 aliphatic heterocycles. The molecule has 0 spiro atoms. The van der Waals surface area contributed by atoms with Crippen molar-refractivity contribution in [2.45, 2.75) is 20.8 Å². The Morgan fingerprint density at radius 3 is 1.04 bits per heavy atom. The zero-order chi connectivity index (χ0) is 40.3. The van der Waals surface area contributed by atoms with Gasteiger partial charge in [-0.1, -0.05) is 0 Å². The maximum absolute atomic E-state index is 12.9.